The van der Waals surface area contributed by atoms with E-state index in [4.69, 9.17) is 9.47 Å². The van der Waals surface area contributed by atoms with E-state index in [0.717, 1.165) is 18.2 Å². The van der Waals surface area contributed by atoms with E-state index >= 15 is 8.78 Å². The highest BCUT2D eigenvalue weighted by molar-refractivity contribution is 5.92. The summed E-state index contributed by atoms with van der Waals surface area (Å²) in [6.45, 7) is 9.78. The number of hydrogen-bond donors (Lipinski definition) is 1. The first-order chi connectivity index (χ1) is 21.7. The van der Waals surface area contributed by atoms with E-state index in [0.29, 0.717) is 19.3 Å². The summed E-state index contributed by atoms with van der Waals surface area (Å²) in [5.41, 5.74) is -2.23. The van der Waals surface area contributed by atoms with Crippen molar-refractivity contribution >= 4 is 28.7 Å². The molecule has 6 atom stereocenters. The van der Waals surface area contributed by atoms with E-state index in [2.05, 4.69) is 15.0 Å². The summed E-state index contributed by atoms with van der Waals surface area (Å²) in [4.78, 5) is 45.6. The number of ketones is 1. The number of nitrogens with one attached hydrogen (secondary N) is 1. The summed E-state index contributed by atoms with van der Waals surface area (Å²) in [5.74, 6) is -6.23. The van der Waals surface area contributed by atoms with Gasteiger partial charge in [-0.1, -0.05) is 34.1 Å². The molecule has 5 rings (SSSR count). The lowest BCUT2D eigenvalue weighted by atomic mass is 9.85. The standard InChI is InChI=1S/C33H40F5N3O6/c1-17-24-16-41(25(17)18(2)42)28(43)26(30(3,4)5)40-29(44)47-31(6)15-20(31)9-7-8-12-32(34,35)22-13-19-10-11-21(46-33(36,37)38)14-23(19)39-27(22)45-24/h10-11,13-14,17,20,24-26H,7-9,12,15-16H2,1-6H3,(H,40,44)/t17-,20-,24+,25+,26-,31-/m1/s1. The molecule has 1 saturated heterocycles. The molecular weight excluding hydrogens is 629 g/mol. The van der Waals surface area contributed by atoms with Crippen LogP contribution in [0.4, 0.5) is 26.7 Å². The highest BCUT2D eigenvalue weighted by Crippen LogP contribution is 2.50. The van der Waals surface area contributed by atoms with Gasteiger partial charge in [-0.25, -0.2) is 18.6 Å². The Bertz CT molecular complexity index is 1560. The first-order valence-corrected chi connectivity index (χ1v) is 15.7. The van der Waals surface area contributed by atoms with Crippen molar-refractivity contribution in [3.8, 4) is 11.6 Å². The van der Waals surface area contributed by atoms with Crippen LogP contribution in [0, 0.1) is 17.3 Å². The van der Waals surface area contributed by atoms with Crippen molar-refractivity contribution in [2.75, 3.05) is 6.54 Å². The molecule has 9 nitrogen and oxygen atoms in total. The fourth-order valence-corrected chi connectivity index (χ4v) is 6.75. The van der Waals surface area contributed by atoms with Crippen LogP contribution < -0.4 is 14.8 Å². The van der Waals surface area contributed by atoms with Crippen LogP contribution in [0.5, 0.6) is 11.6 Å². The number of alkyl carbamates (subject to hydrolysis) is 1. The van der Waals surface area contributed by atoms with Crippen molar-refractivity contribution in [2.45, 2.75) is 110 Å². The van der Waals surface area contributed by atoms with Crippen LogP contribution in [0.15, 0.2) is 24.3 Å². The molecule has 1 N–H and O–H groups in total. The fourth-order valence-electron chi connectivity index (χ4n) is 6.75. The molecule has 2 amide bonds. The smallest absolute Gasteiger partial charge is 0.472 e. The average Bonchev–Trinajstić information content (AvgIpc) is 3.44. The normalized spacial score (nSPS) is 30.2. The molecule has 3 aliphatic rings. The molecule has 47 heavy (non-hydrogen) atoms. The van der Waals surface area contributed by atoms with Gasteiger partial charge < -0.3 is 24.4 Å². The molecule has 2 bridgehead atoms. The first-order valence-electron chi connectivity index (χ1n) is 15.7. The molecule has 2 aromatic rings. The number of benzene rings is 1. The van der Waals surface area contributed by atoms with Crippen LogP contribution in [-0.2, 0) is 20.2 Å². The molecule has 1 aliphatic carbocycles. The van der Waals surface area contributed by atoms with E-state index in [9.17, 15) is 27.6 Å². The van der Waals surface area contributed by atoms with Gasteiger partial charge in [-0.3, -0.25) is 9.59 Å². The molecule has 1 aromatic carbocycles. The molecule has 3 heterocycles. The maximum atomic E-state index is 16.0. The number of pyridine rings is 1. The Morgan fingerprint density at radius 2 is 1.83 bits per heavy atom. The third-order valence-corrected chi connectivity index (χ3v) is 9.49. The van der Waals surface area contributed by atoms with Gasteiger partial charge in [-0.15, -0.1) is 13.2 Å². The minimum atomic E-state index is -4.98. The summed E-state index contributed by atoms with van der Waals surface area (Å²) in [6, 6.07) is 2.24. The van der Waals surface area contributed by atoms with Gasteiger partial charge in [0, 0.05) is 29.7 Å². The van der Waals surface area contributed by atoms with E-state index < -0.39 is 83.0 Å². The Hall–Kier alpha value is -3.71. The van der Waals surface area contributed by atoms with Gasteiger partial charge in [0.1, 0.15) is 23.5 Å². The van der Waals surface area contributed by atoms with Gasteiger partial charge in [-0.2, -0.15) is 0 Å². The predicted molar refractivity (Wildman–Crippen MR) is 160 cm³/mol. The Kier molecular flexibility index (Phi) is 8.89. The van der Waals surface area contributed by atoms with Crippen LogP contribution in [0.2, 0.25) is 0 Å². The highest BCUT2D eigenvalue weighted by atomic mass is 19.4. The number of ether oxygens (including phenoxy) is 3. The van der Waals surface area contributed by atoms with Gasteiger partial charge in [-0.05, 0) is 56.7 Å². The molecule has 14 heteroatoms. The monoisotopic (exact) mass is 669 g/mol. The number of carbonyl (C=O) groups excluding carboxylic acids is 3. The number of rotatable bonds is 2. The molecular formula is C33H40F5N3O6. The molecule has 0 spiro atoms. The number of alkyl halides is 5. The molecule has 1 saturated carbocycles. The van der Waals surface area contributed by atoms with Crippen LogP contribution in [0.1, 0.15) is 79.2 Å². The third kappa shape index (κ3) is 7.40. The average molecular weight is 670 g/mol. The van der Waals surface area contributed by atoms with Gasteiger partial charge in [0.25, 0.3) is 5.92 Å². The van der Waals surface area contributed by atoms with Crippen molar-refractivity contribution < 1.29 is 50.5 Å². The summed E-state index contributed by atoms with van der Waals surface area (Å²) >= 11 is 0. The molecule has 2 aliphatic heterocycles. The molecule has 2 fully saturated rings. The zero-order valence-electron chi connectivity index (χ0n) is 27.2. The van der Waals surface area contributed by atoms with Gasteiger partial charge >= 0.3 is 12.5 Å². The Morgan fingerprint density at radius 1 is 1.13 bits per heavy atom. The Balaban J connectivity index is 1.58. The maximum absolute atomic E-state index is 16.0. The quantitative estimate of drug-likeness (QED) is 0.347. The lowest BCUT2D eigenvalue weighted by Crippen LogP contribution is -2.57. The van der Waals surface area contributed by atoms with E-state index in [-0.39, 0.29) is 35.6 Å². The first kappa shape index (κ1) is 34.6. The number of nitrogens with zero attached hydrogens (tertiary/aromatic N) is 2. The summed E-state index contributed by atoms with van der Waals surface area (Å²) in [5, 5.41) is 2.86. The molecule has 0 radical (unpaired) electrons. The Morgan fingerprint density at radius 3 is 2.47 bits per heavy atom. The van der Waals surface area contributed by atoms with Gasteiger partial charge in [0.05, 0.1) is 23.7 Å². The SMILES string of the molecule is CC(=O)[C@@H]1[C@H](C)[C@@H]2CN1C(=O)[C@H](C(C)(C)C)NC(=O)O[C@]1(C)C[C@H]1CCCCC(F)(F)c1cc3ccc(OC(F)(F)F)cc3nc1O2. The highest BCUT2D eigenvalue weighted by Gasteiger charge is 2.54. The number of amides is 2. The molecule has 258 valence electrons. The van der Waals surface area contributed by atoms with Crippen molar-refractivity contribution in [3.63, 3.8) is 0 Å². The number of fused-ring (bicyclic) bond motifs is 5. The lowest BCUT2D eigenvalue weighted by Gasteiger charge is -2.35. The van der Waals surface area contributed by atoms with Crippen molar-refractivity contribution in [3.05, 3.63) is 29.8 Å². The second-order valence-electron chi connectivity index (χ2n) is 14.3. The largest absolute Gasteiger partial charge is 0.573 e. The minimum Gasteiger partial charge on any atom is -0.472 e. The third-order valence-electron chi connectivity index (χ3n) is 9.49. The topological polar surface area (TPSA) is 107 Å². The zero-order chi connectivity index (χ0) is 34.7. The Labute approximate surface area is 269 Å². The number of carbonyl (C=O) groups is 3. The second-order valence-corrected chi connectivity index (χ2v) is 14.3. The van der Waals surface area contributed by atoms with E-state index in [1.807, 2.05) is 0 Å². The lowest BCUT2D eigenvalue weighted by molar-refractivity contribution is -0.274. The van der Waals surface area contributed by atoms with Crippen molar-refractivity contribution in [1.29, 1.82) is 0 Å². The molecule has 1 aromatic heterocycles. The van der Waals surface area contributed by atoms with Crippen LogP contribution in [0.25, 0.3) is 10.9 Å². The number of aromatic nitrogens is 1. The second kappa shape index (κ2) is 12.1. The van der Waals surface area contributed by atoms with Crippen LogP contribution in [0.3, 0.4) is 0 Å². The predicted octanol–water partition coefficient (Wildman–Crippen LogP) is 6.90. The number of Topliss-reactive ketones (excluding diaryl/α,β-unsaturated/α-hetero) is 1. The van der Waals surface area contributed by atoms with E-state index in [1.54, 1.807) is 34.6 Å². The van der Waals surface area contributed by atoms with Gasteiger partial charge in [0.15, 0.2) is 5.78 Å². The number of hydrogen-bond acceptors (Lipinski definition) is 7. The molecule has 0 unspecified atom stereocenters. The van der Waals surface area contributed by atoms with Crippen molar-refractivity contribution in [1.82, 2.24) is 15.2 Å². The van der Waals surface area contributed by atoms with Gasteiger partial charge in [0.2, 0.25) is 11.8 Å². The fraction of sp³-hybridized carbons (Fsp3) is 0.636. The number of halogens is 5. The summed E-state index contributed by atoms with van der Waals surface area (Å²) in [6.07, 6.45) is -5.69. The minimum absolute atomic E-state index is 0.0406. The maximum Gasteiger partial charge on any atom is 0.573 e. The van der Waals surface area contributed by atoms with E-state index in [1.165, 1.54) is 17.9 Å². The zero-order valence-corrected chi connectivity index (χ0v) is 27.2. The van der Waals surface area contributed by atoms with Crippen molar-refractivity contribution in [2.24, 2.45) is 17.3 Å². The summed E-state index contributed by atoms with van der Waals surface area (Å²) < 4.78 is 86.6. The van der Waals surface area contributed by atoms with Crippen LogP contribution >= 0.6 is 0 Å². The van der Waals surface area contributed by atoms with Crippen LogP contribution in [-0.4, -0.2) is 64.4 Å². The summed E-state index contributed by atoms with van der Waals surface area (Å²) in [7, 11) is 0.